The zero-order chi connectivity index (χ0) is 8.10. The predicted octanol–water partition coefficient (Wildman–Crippen LogP) is 0.476. The maximum absolute atomic E-state index is 10.9. The summed E-state index contributed by atoms with van der Waals surface area (Å²) in [5.74, 6) is 2.38. The average Bonchev–Trinajstić information content (AvgIpc) is 2.06. The Labute approximate surface area is 71.5 Å². The van der Waals surface area contributed by atoms with Crippen LogP contribution >= 0.6 is 11.8 Å². The normalized spacial score (nSPS) is 19.7. The number of carbonyl (C=O) groups is 1. The molecule has 0 radical (unpaired) electrons. The van der Waals surface area contributed by atoms with Gasteiger partial charge in [0.15, 0.2) is 0 Å². The molecule has 64 valence electrons. The number of hydrogen-bond donors (Lipinski definition) is 1. The van der Waals surface area contributed by atoms with Crippen molar-refractivity contribution in [3.8, 4) is 0 Å². The quantitative estimate of drug-likeness (QED) is 0.660. The van der Waals surface area contributed by atoms with E-state index in [1.807, 2.05) is 23.7 Å². The molecular formula is C7H14N2OS. The van der Waals surface area contributed by atoms with Crippen molar-refractivity contribution < 1.29 is 4.79 Å². The Kier molecular flexibility index (Phi) is 3.72. The molecule has 1 heterocycles. The van der Waals surface area contributed by atoms with Crippen molar-refractivity contribution >= 4 is 17.7 Å². The van der Waals surface area contributed by atoms with Crippen LogP contribution in [0.3, 0.4) is 0 Å². The van der Waals surface area contributed by atoms with Crippen molar-refractivity contribution in [2.75, 3.05) is 24.6 Å². The van der Waals surface area contributed by atoms with Gasteiger partial charge in [-0.15, -0.1) is 0 Å². The molecule has 0 aromatic rings. The Hall–Kier alpha value is -0.220. The largest absolute Gasteiger partial charge is 0.289 e. The third kappa shape index (κ3) is 3.12. The van der Waals surface area contributed by atoms with E-state index in [0.717, 1.165) is 24.6 Å². The first kappa shape index (κ1) is 8.87. The highest BCUT2D eigenvalue weighted by Gasteiger charge is 2.10. The summed E-state index contributed by atoms with van der Waals surface area (Å²) >= 11 is 1.94. The van der Waals surface area contributed by atoms with E-state index in [4.69, 9.17) is 0 Å². The van der Waals surface area contributed by atoms with Gasteiger partial charge in [0.25, 0.3) is 0 Å². The van der Waals surface area contributed by atoms with Crippen LogP contribution in [-0.4, -0.2) is 35.5 Å². The standard InChI is InChI=1S/C7H14N2OS/c1-2-7(10)8-9-3-5-11-6-4-9/h2-6H2,1H3,(H,8,10). The maximum atomic E-state index is 10.9. The molecule has 0 spiro atoms. The number of hydrogen-bond acceptors (Lipinski definition) is 3. The van der Waals surface area contributed by atoms with Crippen molar-refractivity contribution in [2.45, 2.75) is 13.3 Å². The smallest absolute Gasteiger partial charge is 0.233 e. The summed E-state index contributed by atoms with van der Waals surface area (Å²) in [6.45, 7) is 3.83. The predicted molar refractivity (Wildman–Crippen MR) is 47.3 cm³/mol. The highest BCUT2D eigenvalue weighted by molar-refractivity contribution is 7.99. The SMILES string of the molecule is CCC(=O)NN1CCSCC1. The summed E-state index contributed by atoms with van der Waals surface area (Å²) in [6.07, 6.45) is 0.573. The molecule has 4 heteroatoms. The van der Waals surface area contributed by atoms with Crippen LogP contribution < -0.4 is 5.43 Å². The fourth-order valence-corrected chi connectivity index (χ4v) is 1.83. The minimum atomic E-state index is 0.122. The molecule has 1 aliphatic heterocycles. The molecule has 0 unspecified atom stereocenters. The van der Waals surface area contributed by atoms with Crippen LogP contribution in [-0.2, 0) is 4.79 Å². The molecular weight excluding hydrogens is 160 g/mol. The van der Waals surface area contributed by atoms with E-state index in [1.165, 1.54) is 0 Å². The first-order valence-electron chi connectivity index (χ1n) is 3.95. The van der Waals surface area contributed by atoms with E-state index in [0.29, 0.717) is 6.42 Å². The second-order valence-electron chi connectivity index (χ2n) is 2.49. The number of carbonyl (C=O) groups excluding carboxylic acids is 1. The maximum Gasteiger partial charge on any atom is 0.233 e. The van der Waals surface area contributed by atoms with Crippen LogP contribution in [0, 0.1) is 0 Å². The molecule has 0 aromatic heterocycles. The number of hydrazine groups is 1. The number of amides is 1. The van der Waals surface area contributed by atoms with Crippen molar-refractivity contribution in [1.82, 2.24) is 10.4 Å². The Bertz CT molecular complexity index is 134. The van der Waals surface area contributed by atoms with Crippen molar-refractivity contribution in [3.05, 3.63) is 0 Å². The molecule has 1 rings (SSSR count). The lowest BCUT2D eigenvalue weighted by molar-refractivity contribution is -0.125. The molecule has 0 saturated carbocycles. The van der Waals surface area contributed by atoms with Crippen LogP contribution in [0.2, 0.25) is 0 Å². The molecule has 11 heavy (non-hydrogen) atoms. The second kappa shape index (κ2) is 4.62. The lowest BCUT2D eigenvalue weighted by atomic mass is 10.5. The van der Waals surface area contributed by atoms with Gasteiger partial charge in [0, 0.05) is 31.0 Å². The zero-order valence-electron chi connectivity index (χ0n) is 6.80. The third-order valence-corrected chi connectivity index (χ3v) is 2.56. The number of thioether (sulfide) groups is 1. The first-order chi connectivity index (χ1) is 5.33. The zero-order valence-corrected chi connectivity index (χ0v) is 7.62. The highest BCUT2D eigenvalue weighted by atomic mass is 32.2. The molecule has 1 amide bonds. The van der Waals surface area contributed by atoms with Gasteiger partial charge in [-0.25, -0.2) is 5.01 Å². The Morgan fingerprint density at radius 1 is 1.55 bits per heavy atom. The lowest BCUT2D eigenvalue weighted by Crippen LogP contribution is -2.46. The molecule has 0 aliphatic carbocycles. The minimum absolute atomic E-state index is 0.122. The van der Waals surface area contributed by atoms with E-state index in [-0.39, 0.29) is 5.91 Å². The van der Waals surface area contributed by atoms with Gasteiger partial charge in [0.05, 0.1) is 0 Å². The third-order valence-electron chi connectivity index (χ3n) is 1.62. The lowest BCUT2D eigenvalue weighted by Gasteiger charge is -2.26. The summed E-state index contributed by atoms with van der Waals surface area (Å²) in [6, 6.07) is 0. The Morgan fingerprint density at radius 2 is 2.18 bits per heavy atom. The molecule has 3 nitrogen and oxygen atoms in total. The molecule has 1 fully saturated rings. The summed E-state index contributed by atoms with van der Waals surface area (Å²) in [5, 5.41) is 2.00. The van der Waals surface area contributed by atoms with Gasteiger partial charge in [-0.2, -0.15) is 11.8 Å². The van der Waals surface area contributed by atoms with Gasteiger partial charge in [-0.3, -0.25) is 10.2 Å². The number of rotatable bonds is 2. The van der Waals surface area contributed by atoms with E-state index in [1.54, 1.807) is 0 Å². The summed E-state index contributed by atoms with van der Waals surface area (Å²) < 4.78 is 0. The van der Waals surface area contributed by atoms with Crippen LogP contribution in [0.5, 0.6) is 0 Å². The van der Waals surface area contributed by atoms with Crippen LogP contribution in [0.4, 0.5) is 0 Å². The monoisotopic (exact) mass is 174 g/mol. The molecule has 0 atom stereocenters. The average molecular weight is 174 g/mol. The molecule has 0 bridgehead atoms. The summed E-state index contributed by atoms with van der Waals surface area (Å²) in [7, 11) is 0. The minimum Gasteiger partial charge on any atom is -0.289 e. The summed E-state index contributed by atoms with van der Waals surface area (Å²) in [4.78, 5) is 10.9. The Morgan fingerprint density at radius 3 is 2.73 bits per heavy atom. The highest BCUT2D eigenvalue weighted by Crippen LogP contribution is 2.06. The van der Waals surface area contributed by atoms with Gasteiger partial charge >= 0.3 is 0 Å². The van der Waals surface area contributed by atoms with Gasteiger partial charge in [-0.05, 0) is 0 Å². The van der Waals surface area contributed by atoms with Gasteiger partial charge in [0.1, 0.15) is 0 Å². The topological polar surface area (TPSA) is 32.3 Å². The molecule has 1 N–H and O–H groups in total. The van der Waals surface area contributed by atoms with E-state index in [2.05, 4.69) is 5.43 Å². The van der Waals surface area contributed by atoms with Crippen molar-refractivity contribution in [1.29, 1.82) is 0 Å². The summed E-state index contributed by atoms with van der Waals surface area (Å²) in [5.41, 5.74) is 2.85. The molecule has 1 aliphatic rings. The van der Waals surface area contributed by atoms with Gasteiger partial charge in [-0.1, -0.05) is 6.92 Å². The van der Waals surface area contributed by atoms with E-state index < -0.39 is 0 Å². The van der Waals surface area contributed by atoms with Crippen molar-refractivity contribution in [2.24, 2.45) is 0 Å². The van der Waals surface area contributed by atoms with Crippen LogP contribution in [0.15, 0.2) is 0 Å². The van der Waals surface area contributed by atoms with E-state index in [9.17, 15) is 4.79 Å². The number of nitrogens with zero attached hydrogens (tertiary/aromatic N) is 1. The fourth-order valence-electron chi connectivity index (χ4n) is 0.931. The van der Waals surface area contributed by atoms with Crippen LogP contribution in [0.25, 0.3) is 0 Å². The molecule has 0 aromatic carbocycles. The van der Waals surface area contributed by atoms with E-state index >= 15 is 0 Å². The number of nitrogens with one attached hydrogen (secondary N) is 1. The van der Waals surface area contributed by atoms with Gasteiger partial charge < -0.3 is 0 Å². The Balaban J connectivity index is 2.19. The molecule has 1 saturated heterocycles. The fraction of sp³-hybridized carbons (Fsp3) is 0.857. The second-order valence-corrected chi connectivity index (χ2v) is 3.71. The van der Waals surface area contributed by atoms with Crippen molar-refractivity contribution in [3.63, 3.8) is 0 Å². The van der Waals surface area contributed by atoms with Crippen LogP contribution in [0.1, 0.15) is 13.3 Å². The first-order valence-corrected chi connectivity index (χ1v) is 5.10. The van der Waals surface area contributed by atoms with Gasteiger partial charge in [0.2, 0.25) is 5.91 Å².